The van der Waals surface area contributed by atoms with Crippen LogP contribution in [0.2, 0.25) is 0 Å². The number of benzene rings is 2. The van der Waals surface area contributed by atoms with Crippen molar-refractivity contribution in [1.29, 1.82) is 0 Å². The molecule has 1 saturated heterocycles. The third kappa shape index (κ3) is 7.66. The van der Waals surface area contributed by atoms with E-state index in [1.165, 1.54) is 0 Å². The number of esters is 2. The molecule has 0 aliphatic carbocycles. The minimum atomic E-state index is -1.49. The van der Waals surface area contributed by atoms with Crippen molar-refractivity contribution in [3.8, 4) is 0 Å². The van der Waals surface area contributed by atoms with Crippen molar-refractivity contribution in [2.45, 2.75) is 43.9 Å². The lowest BCUT2D eigenvalue weighted by molar-refractivity contribution is -0.309. The van der Waals surface area contributed by atoms with Crippen molar-refractivity contribution in [3.05, 3.63) is 71.8 Å². The summed E-state index contributed by atoms with van der Waals surface area (Å²) in [4.78, 5) is 23.8. The molecule has 3 rings (SSSR count). The predicted molar refractivity (Wildman–Crippen MR) is 123 cm³/mol. The zero-order valence-electron chi connectivity index (χ0n) is 18.3. The Bertz CT molecular complexity index is 898. The van der Waals surface area contributed by atoms with Crippen LogP contribution in [-0.4, -0.2) is 66.1 Å². The van der Waals surface area contributed by atoms with E-state index in [0.717, 1.165) is 11.1 Å². The van der Waals surface area contributed by atoms with Gasteiger partial charge in [-0.2, -0.15) is 0 Å². The predicted octanol–water partition coefficient (Wildman–Crippen LogP) is 2.81. The first kappa shape index (κ1) is 26.4. The fourth-order valence-electron chi connectivity index (χ4n) is 3.47. The second-order valence-corrected chi connectivity index (χ2v) is 8.03. The van der Waals surface area contributed by atoms with E-state index in [1.807, 2.05) is 60.7 Å². The quantitative estimate of drug-likeness (QED) is 0.362. The van der Waals surface area contributed by atoms with Gasteiger partial charge in [-0.25, -0.2) is 0 Å². The normalized spacial score (nSPS) is 24.4. The summed E-state index contributed by atoms with van der Waals surface area (Å²) in [6.07, 6.45) is -5.58. The van der Waals surface area contributed by atoms with E-state index < -0.39 is 48.5 Å². The van der Waals surface area contributed by atoms with Gasteiger partial charge in [-0.1, -0.05) is 60.7 Å². The molecule has 0 saturated carbocycles. The molecule has 1 heterocycles. The maximum absolute atomic E-state index is 12.2. The summed E-state index contributed by atoms with van der Waals surface area (Å²) in [7, 11) is 0. The highest BCUT2D eigenvalue weighted by atomic mass is 35.5. The van der Waals surface area contributed by atoms with E-state index in [4.69, 9.17) is 46.9 Å². The van der Waals surface area contributed by atoms with Crippen molar-refractivity contribution < 1.29 is 38.4 Å². The van der Waals surface area contributed by atoms with Crippen LogP contribution in [0.5, 0.6) is 0 Å². The van der Waals surface area contributed by atoms with Crippen molar-refractivity contribution >= 4 is 35.1 Å². The first-order chi connectivity index (χ1) is 16.5. The molecule has 10 heteroatoms. The van der Waals surface area contributed by atoms with Crippen molar-refractivity contribution in [2.75, 3.05) is 18.4 Å². The van der Waals surface area contributed by atoms with E-state index in [1.54, 1.807) is 0 Å². The fraction of sp³-hybridized carbons (Fsp3) is 0.417. The van der Waals surface area contributed by atoms with Gasteiger partial charge < -0.3 is 28.8 Å². The molecule has 0 radical (unpaired) electrons. The number of ether oxygens (including phenoxy) is 5. The summed E-state index contributed by atoms with van der Waals surface area (Å²) in [6.45, 7) is -0.00813. The van der Waals surface area contributed by atoms with E-state index in [-0.39, 0.29) is 25.7 Å². The van der Waals surface area contributed by atoms with Crippen LogP contribution >= 0.6 is 23.2 Å². The SMILES string of the molecule is O=C(CCl)OC[C@H]1OC(O)[C@@H](OCc2ccccc2)[C@@H](OC(=O)CCl)[C@@H]1OCc1ccccc1. The molecule has 8 nitrogen and oxygen atoms in total. The smallest absolute Gasteiger partial charge is 0.321 e. The first-order valence-electron chi connectivity index (χ1n) is 10.6. The highest BCUT2D eigenvalue weighted by molar-refractivity contribution is 6.26. The maximum atomic E-state index is 12.2. The maximum Gasteiger partial charge on any atom is 0.321 e. The summed E-state index contributed by atoms with van der Waals surface area (Å²) in [5.41, 5.74) is 1.70. The van der Waals surface area contributed by atoms with E-state index in [2.05, 4.69) is 0 Å². The minimum absolute atomic E-state index is 0.123. The second kappa shape index (κ2) is 13.6. The number of carbonyl (C=O) groups excluding carboxylic acids is 2. The fourth-order valence-corrected chi connectivity index (χ4v) is 3.61. The van der Waals surface area contributed by atoms with Crippen LogP contribution in [0.3, 0.4) is 0 Å². The highest BCUT2D eigenvalue weighted by Gasteiger charge is 2.49. The molecule has 34 heavy (non-hydrogen) atoms. The standard InChI is InChI=1S/C24H26Cl2O8/c25-11-19(27)30-15-18-21(31-13-16-7-3-1-4-8-16)22(34-20(28)12-26)23(24(29)33-18)32-14-17-9-5-2-6-10-17/h1-10,18,21-24,29H,11-15H2/t18-,21-,22+,23+,24?/m1/s1. The molecule has 184 valence electrons. The van der Waals surface area contributed by atoms with Gasteiger partial charge in [0.1, 0.15) is 36.7 Å². The van der Waals surface area contributed by atoms with Crippen LogP contribution < -0.4 is 0 Å². The lowest BCUT2D eigenvalue weighted by atomic mass is 9.98. The Hall–Kier alpha value is -2.20. The monoisotopic (exact) mass is 512 g/mol. The Morgan fingerprint density at radius 2 is 1.32 bits per heavy atom. The number of halogens is 2. The number of aliphatic hydroxyl groups is 1. The van der Waals surface area contributed by atoms with Gasteiger partial charge in [0.05, 0.1) is 13.2 Å². The molecule has 1 aliphatic rings. The molecule has 0 bridgehead atoms. The van der Waals surface area contributed by atoms with Gasteiger partial charge in [-0.15, -0.1) is 23.2 Å². The summed E-state index contributed by atoms with van der Waals surface area (Å²) < 4.78 is 28.3. The van der Waals surface area contributed by atoms with Crippen LogP contribution in [0.15, 0.2) is 60.7 Å². The number of aliphatic hydroxyl groups excluding tert-OH is 1. The number of hydrogen-bond acceptors (Lipinski definition) is 8. The zero-order chi connectivity index (χ0) is 24.3. The second-order valence-electron chi connectivity index (χ2n) is 7.49. The Kier molecular flexibility index (Phi) is 10.6. The third-order valence-corrected chi connectivity index (χ3v) is 5.51. The van der Waals surface area contributed by atoms with Crippen LogP contribution in [-0.2, 0) is 46.5 Å². The van der Waals surface area contributed by atoms with Gasteiger partial charge in [0.25, 0.3) is 0 Å². The molecule has 0 spiro atoms. The molecule has 1 unspecified atom stereocenters. The van der Waals surface area contributed by atoms with Crippen LogP contribution in [0.25, 0.3) is 0 Å². The summed E-state index contributed by atoms with van der Waals surface area (Å²) in [6, 6.07) is 18.6. The summed E-state index contributed by atoms with van der Waals surface area (Å²) >= 11 is 11.2. The molecule has 2 aromatic carbocycles. The Morgan fingerprint density at radius 3 is 1.85 bits per heavy atom. The average Bonchev–Trinajstić information content (AvgIpc) is 2.87. The largest absolute Gasteiger partial charge is 0.462 e. The lowest BCUT2D eigenvalue weighted by Gasteiger charge is -2.43. The van der Waals surface area contributed by atoms with Crippen LogP contribution in [0.1, 0.15) is 11.1 Å². The minimum Gasteiger partial charge on any atom is -0.462 e. The van der Waals surface area contributed by atoms with Crippen LogP contribution in [0.4, 0.5) is 0 Å². The van der Waals surface area contributed by atoms with Crippen molar-refractivity contribution in [2.24, 2.45) is 0 Å². The molecular formula is C24H26Cl2O8. The third-order valence-electron chi connectivity index (χ3n) is 5.07. The molecule has 5 atom stereocenters. The van der Waals surface area contributed by atoms with Crippen LogP contribution in [0, 0.1) is 0 Å². The molecule has 0 amide bonds. The lowest BCUT2D eigenvalue weighted by Crippen LogP contribution is -2.61. The van der Waals surface area contributed by atoms with Gasteiger partial charge in [-0.3, -0.25) is 9.59 Å². The molecule has 1 aliphatic heterocycles. The van der Waals surface area contributed by atoms with Gasteiger partial charge in [0.15, 0.2) is 12.4 Å². The molecule has 0 aromatic heterocycles. The van der Waals surface area contributed by atoms with Gasteiger partial charge >= 0.3 is 11.9 Å². The number of alkyl halides is 2. The summed E-state index contributed by atoms with van der Waals surface area (Å²) in [5, 5.41) is 10.7. The number of hydrogen-bond donors (Lipinski definition) is 1. The number of carbonyl (C=O) groups is 2. The van der Waals surface area contributed by atoms with Gasteiger partial charge in [0.2, 0.25) is 0 Å². The molecule has 1 N–H and O–H groups in total. The van der Waals surface area contributed by atoms with E-state index in [0.29, 0.717) is 0 Å². The average molecular weight is 513 g/mol. The van der Waals surface area contributed by atoms with Gasteiger partial charge in [0, 0.05) is 0 Å². The Labute approximate surface area is 207 Å². The van der Waals surface area contributed by atoms with Crippen molar-refractivity contribution in [1.82, 2.24) is 0 Å². The van der Waals surface area contributed by atoms with Crippen molar-refractivity contribution in [3.63, 3.8) is 0 Å². The van der Waals surface area contributed by atoms with E-state index in [9.17, 15) is 14.7 Å². The topological polar surface area (TPSA) is 101 Å². The molecule has 2 aromatic rings. The number of rotatable bonds is 11. The Balaban J connectivity index is 1.83. The highest BCUT2D eigenvalue weighted by Crippen LogP contribution is 2.29. The van der Waals surface area contributed by atoms with E-state index >= 15 is 0 Å². The first-order valence-corrected chi connectivity index (χ1v) is 11.7. The molecular weight excluding hydrogens is 487 g/mol. The Morgan fingerprint density at radius 1 is 0.794 bits per heavy atom. The molecule has 1 fully saturated rings. The van der Waals surface area contributed by atoms with Gasteiger partial charge in [-0.05, 0) is 11.1 Å². The summed E-state index contributed by atoms with van der Waals surface area (Å²) in [5.74, 6) is -2.15. The zero-order valence-corrected chi connectivity index (χ0v) is 19.8.